The normalized spacial score (nSPS) is 10.4. The molecule has 0 aliphatic rings. The average molecular weight is 301 g/mol. The van der Waals surface area contributed by atoms with E-state index in [2.05, 4.69) is 31.2 Å². The van der Waals surface area contributed by atoms with E-state index in [-0.39, 0.29) is 0 Å². The molecule has 0 amide bonds. The van der Waals surface area contributed by atoms with Crippen molar-refractivity contribution in [1.29, 1.82) is 0 Å². The zero-order chi connectivity index (χ0) is 11.5. The molecule has 16 heavy (non-hydrogen) atoms. The summed E-state index contributed by atoms with van der Waals surface area (Å²) in [6.45, 7) is 2.69. The summed E-state index contributed by atoms with van der Waals surface area (Å²) in [5.41, 5.74) is 3.07. The van der Waals surface area contributed by atoms with E-state index in [1.54, 1.807) is 6.33 Å². The van der Waals surface area contributed by atoms with Crippen molar-refractivity contribution in [1.82, 2.24) is 9.97 Å². The largest absolute Gasteiger partial charge is 0.379 e. The number of nitrogens with zero attached hydrogens (tertiary/aromatic N) is 1. The van der Waals surface area contributed by atoms with Crippen LogP contribution in [0.2, 0.25) is 5.02 Å². The summed E-state index contributed by atoms with van der Waals surface area (Å²) in [7, 11) is 0. The maximum absolute atomic E-state index is 6.00. The third-order valence-corrected chi connectivity index (χ3v) is 3.55. The molecule has 0 unspecified atom stereocenters. The van der Waals surface area contributed by atoms with Gasteiger partial charge in [-0.05, 0) is 41.1 Å². The molecule has 2 N–H and O–H groups in total. The monoisotopic (exact) mass is 299 g/mol. The zero-order valence-corrected chi connectivity index (χ0v) is 11.1. The van der Waals surface area contributed by atoms with Gasteiger partial charge in [-0.15, -0.1) is 0 Å². The standard InChI is InChI=1S/C11H11BrClN3/c1-7-11(16-6-15-7)5-14-8-2-3-9(12)10(13)4-8/h2-4,6,14H,5H2,1H3,(H,15,16). The van der Waals surface area contributed by atoms with Gasteiger partial charge >= 0.3 is 0 Å². The molecule has 2 aromatic rings. The molecule has 0 saturated carbocycles. The van der Waals surface area contributed by atoms with Crippen molar-refractivity contribution < 1.29 is 0 Å². The van der Waals surface area contributed by atoms with Crippen LogP contribution in [-0.2, 0) is 6.54 Å². The van der Waals surface area contributed by atoms with Crippen molar-refractivity contribution in [3.05, 3.63) is 45.4 Å². The Labute approximate surface area is 107 Å². The van der Waals surface area contributed by atoms with Crippen molar-refractivity contribution in [3.8, 4) is 0 Å². The number of aromatic amines is 1. The molecule has 3 nitrogen and oxygen atoms in total. The molecule has 0 bridgehead atoms. The number of benzene rings is 1. The summed E-state index contributed by atoms with van der Waals surface area (Å²) in [5.74, 6) is 0. The Kier molecular flexibility index (Phi) is 3.51. The first-order valence-electron chi connectivity index (χ1n) is 4.84. The number of hydrogen-bond donors (Lipinski definition) is 2. The first kappa shape index (κ1) is 11.5. The van der Waals surface area contributed by atoms with Crippen LogP contribution in [0.1, 0.15) is 11.4 Å². The molecule has 1 heterocycles. The Hall–Kier alpha value is -1.000. The number of imidazole rings is 1. The first-order valence-corrected chi connectivity index (χ1v) is 6.01. The molecular weight excluding hydrogens is 289 g/mol. The number of H-pyrrole nitrogens is 1. The highest BCUT2D eigenvalue weighted by Crippen LogP contribution is 2.25. The Bertz CT molecular complexity index is 496. The molecule has 1 aromatic heterocycles. The molecular formula is C11H11BrClN3. The number of rotatable bonds is 3. The van der Waals surface area contributed by atoms with Crippen LogP contribution in [0.4, 0.5) is 5.69 Å². The lowest BCUT2D eigenvalue weighted by atomic mass is 10.3. The van der Waals surface area contributed by atoms with Crippen LogP contribution in [0.3, 0.4) is 0 Å². The van der Waals surface area contributed by atoms with Crippen molar-refractivity contribution in [2.45, 2.75) is 13.5 Å². The first-order chi connectivity index (χ1) is 7.66. The molecule has 0 fully saturated rings. The number of anilines is 1. The van der Waals surface area contributed by atoms with E-state index in [4.69, 9.17) is 11.6 Å². The van der Waals surface area contributed by atoms with Crippen molar-refractivity contribution in [2.24, 2.45) is 0 Å². The lowest BCUT2D eigenvalue weighted by Gasteiger charge is -2.06. The average Bonchev–Trinajstić information content (AvgIpc) is 2.66. The summed E-state index contributed by atoms with van der Waals surface area (Å²) in [5, 5.41) is 3.97. The second-order valence-corrected chi connectivity index (χ2v) is 4.72. The van der Waals surface area contributed by atoms with Gasteiger partial charge in [0.2, 0.25) is 0 Å². The van der Waals surface area contributed by atoms with Gasteiger partial charge in [0, 0.05) is 15.9 Å². The molecule has 0 aliphatic heterocycles. The van der Waals surface area contributed by atoms with E-state index in [0.29, 0.717) is 11.6 Å². The SMILES string of the molecule is Cc1[nH]cnc1CNc1ccc(Br)c(Cl)c1. The quantitative estimate of drug-likeness (QED) is 0.906. The van der Waals surface area contributed by atoms with Crippen LogP contribution in [0.15, 0.2) is 29.0 Å². The fourth-order valence-corrected chi connectivity index (χ4v) is 1.78. The number of aryl methyl sites for hydroxylation is 1. The third kappa shape index (κ3) is 2.57. The molecule has 0 spiro atoms. The van der Waals surface area contributed by atoms with E-state index in [9.17, 15) is 0 Å². The van der Waals surface area contributed by atoms with Crippen LogP contribution in [-0.4, -0.2) is 9.97 Å². The second-order valence-electron chi connectivity index (χ2n) is 3.46. The maximum atomic E-state index is 6.00. The highest BCUT2D eigenvalue weighted by atomic mass is 79.9. The predicted molar refractivity (Wildman–Crippen MR) is 69.8 cm³/mol. The van der Waals surface area contributed by atoms with Gasteiger partial charge in [0.15, 0.2) is 0 Å². The van der Waals surface area contributed by atoms with E-state index >= 15 is 0 Å². The fourth-order valence-electron chi connectivity index (χ4n) is 1.36. The van der Waals surface area contributed by atoms with Crippen LogP contribution in [0.5, 0.6) is 0 Å². The highest BCUT2D eigenvalue weighted by Gasteiger charge is 2.02. The predicted octanol–water partition coefficient (Wildman–Crippen LogP) is 3.75. The molecule has 1 aromatic carbocycles. The van der Waals surface area contributed by atoms with Gasteiger partial charge in [0.25, 0.3) is 0 Å². The number of nitrogens with one attached hydrogen (secondary N) is 2. The Morgan fingerprint density at radius 1 is 1.50 bits per heavy atom. The highest BCUT2D eigenvalue weighted by molar-refractivity contribution is 9.10. The van der Waals surface area contributed by atoms with Crippen LogP contribution in [0, 0.1) is 6.92 Å². The molecule has 0 atom stereocenters. The molecule has 0 saturated heterocycles. The smallest absolute Gasteiger partial charge is 0.0925 e. The lowest BCUT2D eigenvalue weighted by Crippen LogP contribution is -2.01. The maximum Gasteiger partial charge on any atom is 0.0925 e. The Morgan fingerprint density at radius 3 is 2.94 bits per heavy atom. The van der Waals surface area contributed by atoms with Gasteiger partial charge in [0.1, 0.15) is 0 Å². The van der Waals surface area contributed by atoms with E-state index < -0.39 is 0 Å². The summed E-state index contributed by atoms with van der Waals surface area (Å²) < 4.78 is 0.899. The third-order valence-electron chi connectivity index (χ3n) is 2.31. The minimum Gasteiger partial charge on any atom is -0.379 e. The second kappa shape index (κ2) is 4.89. The lowest BCUT2D eigenvalue weighted by molar-refractivity contribution is 1.05. The summed E-state index contributed by atoms with van der Waals surface area (Å²) in [6, 6.07) is 5.77. The van der Waals surface area contributed by atoms with Gasteiger partial charge < -0.3 is 10.3 Å². The van der Waals surface area contributed by atoms with Gasteiger partial charge in [-0.2, -0.15) is 0 Å². The fraction of sp³-hybridized carbons (Fsp3) is 0.182. The summed E-state index contributed by atoms with van der Waals surface area (Å²) in [4.78, 5) is 7.25. The van der Waals surface area contributed by atoms with Crippen LogP contribution in [0.25, 0.3) is 0 Å². The summed E-state index contributed by atoms with van der Waals surface area (Å²) >= 11 is 9.35. The number of hydrogen-bond acceptors (Lipinski definition) is 2. The van der Waals surface area contributed by atoms with Crippen LogP contribution >= 0.6 is 27.5 Å². The van der Waals surface area contributed by atoms with Gasteiger partial charge in [-0.25, -0.2) is 4.98 Å². The van der Waals surface area contributed by atoms with Crippen molar-refractivity contribution >= 4 is 33.2 Å². The molecule has 5 heteroatoms. The molecule has 84 valence electrons. The van der Waals surface area contributed by atoms with Gasteiger partial charge in [0.05, 0.1) is 23.6 Å². The topological polar surface area (TPSA) is 40.7 Å². The van der Waals surface area contributed by atoms with Gasteiger partial charge in [-0.1, -0.05) is 11.6 Å². The zero-order valence-electron chi connectivity index (χ0n) is 8.72. The number of aromatic nitrogens is 2. The van der Waals surface area contributed by atoms with Crippen molar-refractivity contribution in [3.63, 3.8) is 0 Å². The van der Waals surface area contributed by atoms with E-state index in [1.165, 1.54) is 0 Å². The Balaban J connectivity index is 2.05. The van der Waals surface area contributed by atoms with Crippen LogP contribution < -0.4 is 5.32 Å². The van der Waals surface area contributed by atoms with Crippen molar-refractivity contribution in [2.75, 3.05) is 5.32 Å². The van der Waals surface area contributed by atoms with E-state index in [1.807, 2.05) is 25.1 Å². The molecule has 0 radical (unpaired) electrons. The van der Waals surface area contributed by atoms with E-state index in [0.717, 1.165) is 21.5 Å². The molecule has 0 aliphatic carbocycles. The minimum atomic E-state index is 0.688. The van der Waals surface area contributed by atoms with Gasteiger partial charge in [-0.3, -0.25) is 0 Å². The minimum absolute atomic E-state index is 0.688. The Morgan fingerprint density at radius 2 is 2.31 bits per heavy atom. The molecule has 2 rings (SSSR count). The number of halogens is 2. The summed E-state index contributed by atoms with van der Waals surface area (Å²) in [6.07, 6.45) is 1.70.